The monoisotopic (exact) mass is 348 g/mol. The Morgan fingerprint density at radius 2 is 2.12 bits per heavy atom. The topological polar surface area (TPSA) is 90.1 Å². The van der Waals surface area contributed by atoms with E-state index >= 15 is 0 Å². The predicted molar refractivity (Wildman–Crippen MR) is 96.6 cm³/mol. The Bertz CT molecular complexity index is 672. The minimum absolute atomic E-state index is 0.0681. The lowest BCUT2D eigenvalue weighted by Crippen LogP contribution is -2.13. The summed E-state index contributed by atoms with van der Waals surface area (Å²) < 4.78 is 5.83. The second-order valence-electron chi connectivity index (χ2n) is 5.66. The lowest BCUT2D eigenvalue weighted by molar-refractivity contribution is -0.116. The second-order valence-corrected chi connectivity index (χ2v) is 6.72. The van der Waals surface area contributed by atoms with E-state index in [9.17, 15) is 4.79 Å². The molecule has 2 rings (SSSR count). The van der Waals surface area contributed by atoms with Crippen LogP contribution in [-0.2, 0) is 11.2 Å². The minimum Gasteiger partial charge on any atom is -0.493 e. The fourth-order valence-corrected chi connectivity index (χ4v) is 2.92. The number of benzene rings is 1. The number of aromatic nitrogens is 2. The van der Waals surface area contributed by atoms with Gasteiger partial charge in [0.05, 0.1) is 6.61 Å². The maximum atomic E-state index is 11.6. The number of aryl methyl sites for hydroxylation is 3. The molecule has 0 saturated carbocycles. The quantitative estimate of drug-likeness (QED) is 0.680. The van der Waals surface area contributed by atoms with Crippen molar-refractivity contribution < 1.29 is 9.53 Å². The Balaban J connectivity index is 1.73. The summed E-state index contributed by atoms with van der Waals surface area (Å²) >= 11 is 1.41. The van der Waals surface area contributed by atoms with E-state index in [1.165, 1.54) is 16.9 Å². The van der Waals surface area contributed by atoms with Crippen molar-refractivity contribution in [1.82, 2.24) is 10.2 Å². The van der Waals surface area contributed by atoms with Gasteiger partial charge >= 0.3 is 0 Å². The third-order valence-corrected chi connectivity index (χ3v) is 4.36. The van der Waals surface area contributed by atoms with E-state index in [-0.39, 0.29) is 5.91 Å². The number of rotatable bonds is 9. The molecular weight excluding hydrogens is 324 g/mol. The molecule has 1 amide bonds. The molecule has 1 aromatic heterocycles. The lowest BCUT2D eigenvalue weighted by atomic mass is 10.1. The predicted octanol–water partition coefficient (Wildman–Crippen LogP) is 2.84. The van der Waals surface area contributed by atoms with Crippen molar-refractivity contribution in [3.05, 3.63) is 34.3 Å². The summed E-state index contributed by atoms with van der Waals surface area (Å²) in [6, 6.07) is 6.19. The summed E-state index contributed by atoms with van der Waals surface area (Å²) in [5.74, 6) is 0.863. The van der Waals surface area contributed by atoms with E-state index in [1.807, 2.05) is 6.92 Å². The zero-order valence-electron chi connectivity index (χ0n) is 14.2. The SMILES string of the molecule is Cc1ccc(C)c(OCCCc2nnc(NC(=O)CCCN)s2)c1. The Kier molecular flexibility index (Phi) is 7.14. The van der Waals surface area contributed by atoms with Crippen LogP contribution in [0.3, 0.4) is 0 Å². The molecule has 0 bridgehead atoms. The minimum atomic E-state index is -0.0681. The molecule has 0 aliphatic heterocycles. The molecule has 0 saturated heterocycles. The first-order valence-electron chi connectivity index (χ1n) is 8.11. The van der Waals surface area contributed by atoms with Gasteiger partial charge in [0.2, 0.25) is 11.0 Å². The van der Waals surface area contributed by atoms with Gasteiger partial charge in [-0.3, -0.25) is 4.79 Å². The number of nitrogens with two attached hydrogens (primary N) is 1. The molecule has 24 heavy (non-hydrogen) atoms. The number of amides is 1. The summed E-state index contributed by atoms with van der Waals surface area (Å²) in [6.07, 6.45) is 2.71. The van der Waals surface area contributed by atoms with Crippen molar-refractivity contribution in [2.45, 2.75) is 39.5 Å². The van der Waals surface area contributed by atoms with Gasteiger partial charge in [0, 0.05) is 12.8 Å². The van der Waals surface area contributed by atoms with Crippen LogP contribution in [0.1, 0.15) is 35.4 Å². The molecule has 6 nitrogen and oxygen atoms in total. The third-order valence-electron chi connectivity index (χ3n) is 3.46. The molecule has 1 heterocycles. The molecule has 0 fully saturated rings. The molecule has 1 aromatic carbocycles. The van der Waals surface area contributed by atoms with E-state index in [1.54, 1.807) is 0 Å². The number of ether oxygens (including phenoxy) is 1. The summed E-state index contributed by atoms with van der Waals surface area (Å²) in [7, 11) is 0. The summed E-state index contributed by atoms with van der Waals surface area (Å²) in [4.78, 5) is 11.6. The van der Waals surface area contributed by atoms with Gasteiger partial charge in [-0.15, -0.1) is 10.2 Å². The van der Waals surface area contributed by atoms with Crippen LogP contribution in [0.5, 0.6) is 5.75 Å². The molecule has 2 aromatic rings. The van der Waals surface area contributed by atoms with Crippen LogP contribution < -0.4 is 15.8 Å². The number of hydrogen-bond donors (Lipinski definition) is 2. The molecule has 0 spiro atoms. The molecule has 130 valence electrons. The van der Waals surface area contributed by atoms with Crippen molar-refractivity contribution >= 4 is 22.4 Å². The maximum absolute atomic E-state index is 11.6. The van der Waals surface area contributed by atoms with Gasteiger partial charge in [-0.05, 0) is 50.4 Å². The summed E-state index contributed by atoms with van der Waals surface area (Å²) in [6.45, 7) is 5.23. The highest BCUT2D eigenvalue weighted by Gasteiger charge is 2.08. The average molecular weight is 348 g/mol. The van der Waals surface area contributed by atoms with Crippen LogP contribution in [0.4, 0.5) is 5.13 Å². The average Bonchev–Trinajstić information content (AvgIpc) is 3.00. The van der Waals surface area contributed by atoms with Crippen LogP contribution in [0, 0.1) is 13.8 Å². The molecule has 0 aliphatic carbocycles. The molecule has 0 radical (unpaired) electrons. The first-order chi connectivity index (χ1) is 11.6. The van der Waals surface area contributed by atoms with Crippen molar-refractivity contribution in [3.63, 3.8) is 0 Å². The van der Waals surface area contributed by atoms with Gasteiger partial charge in [0.25, 0.3) is 0 Å². The van der Waals surface area contributed by atoms with Crippen LogP contribution in [-0.4, -0.2) is 29.3 Å². The summed E-state index contributed by atoms with van der Waals surface area (Å²) in [5, 5.41) is 12.3. The second kappa shape index (κ2) is 9.34. The first-order valence-corrected chi connectivity index (χ1v) is 8.92. The molecule has 0 atom stereocenters. The Hall–Kier alpha value is -1.99. The molecule has 3 N–H and O–H groups in total. The number of nitrogens with one attached hydrogen (secondary N) is 1. The Morgan fingerprint density at radius 1 is 1.29 bits per heavy atom. The number of carbonyl (C=O) groups excluding carboxylic acids is 1. The molecule has 7 heteroatoms. The molecule has 0 unspecified atom stereocenters. The highest BCUT2D eigenvalue weighted by Crippen LogP contribution is 2.20. The normalized spacial score (nSPS) is 10.6. The van der Waals surface area contributed by atoms with Gasteiger partial charge in [0.1, 0.15) is 10.8 Å². The van der Waals surface area contributed by atoms with Crippen molar-refractivity contribution in [2.24, 2.45) is 5.73 Å². The van der Waals surface area contributed by atoms with Crippen molar-refractivity contribution in [1.29, 1.82) is 0 Å². The zero-order chi connectivity index (χ0) is 17.4. The van der Waals surface area contributed by atoms with Gasteiger partial charge in [0.15, 0.2) is 0 Å². The van der Waals surface area contributed by atoms with Crippen molar-refractivity contribution in [3.8, 4) is 5.75 Å². The van der Waals surface area contributed by atoms with E-state index in [0.717, 1.165) is 29.2 Å². The number of hydrogen-bond acceptors (Lipinski definition) is 6. The molecular formula is C17H24N4O2S. The zero-order valence-corrected chi connectivity index (χ0v) is 15.0. The van der Waals surface area contributed by atoms with Crippen molar-refractivity contribution in [2.75, 3.05) is 18.5 Å². The van der Waals surface area contributed by atoms with Gasteiger partial charge in [-0.2, -0.15) is 0 Å². The van der Waals surface area contributed by atoms with Crippen LogP contribution in [0.2, 0.25) is 0 Å². The summed E-state index contributed by atoms with van der Waals surface area (Å²) in [5.41, 5.74) is 7.71. The third kappa shape index (κ3) is 5.90. The number of carbonyl (C=O) groups is 1. The number of anilines is 1. The number of nitrogens with zero attached hydrogens (tertiary/aromatic N) is 2. The highest BCUT2D eigenvalue weighted by atomic mass is 32.1. The van der Waals surface area contributed by atoms with Gasteiger partial charge in [-0.1, -0.05) is 23.5 Å². The van der Waals surface area contributed by atoms with Crippen LogP contribution in [0.25, 0.3) is 0 Å². The van der Waals surface area contributed by atoms with E-state index in [2.05, 4.69) is 40.6 Å². The molecule has 0 aliphatic rings. The Labute approximate surface area is 146 Å². The highest BCUT2D eigenvalue weighted by molar-refractivity contribution is 7.15. The largest absolute Gasteiger partial charge is 0.493 e. The first kappa shape index (κ1) is 18.4. The van der Waals surface area contributed by atoms with Crippen LogP contribution >= 0.6 is 11.3 Å². The smallest absolute Gasteiger partial charge is 0.226 e. The lowest BCUT2D eigenvalue weighted by Gasteiger charge is -2.09. The van der Waals surface area contributed by atoms with Gasteiger partial charge < -0.3 is 15.8 Å². The van der Waals surface area contributed by atoms with Gasteiger partial charge in [-0.25, -0.2) is 0 Å². The van der Waals surface area contributed by atoms with Crippen LogP contribution in [0.15, 0.2) is 18.2 Å². The fourth-order valence-electron chi connectivity index (χ4n) is 2.12. The Morgan fingerprint density at radius 3 is 2.92 bits per heavy atom. The fraction of sp³-hybridized carbons (Fsp3) is 0.471. The van der Waals surface area contributed by atoms with E-state index < -0.39 is 0 Å². The van der Waals surface area contributed by atoms with E-state index in [4.69, 9.17) is 10.5 Å². The maximum Gasteiger partial charge on any atom is 0.226 e. The van der Waals surface area contributed by atoms with E-state index in [0.29, 0.717) is 31.1 Å². The standard InChI is InChI=1S/C17H24N4O2S/c1-12-7-8-13(2)14(11-12)23-10-4-6-16-20-21-17(24-16)19-15(22)5-3-9-18/h7-8,11H,3-6,9-10,18H2,1-2H3,(H,19,21,22).